The molecular weight excluding hydrogens is 576 g/mol. The molecule has 7 aromatic carbocycles. The number of rotatable bonds is 3. The van der Waals surface area contributed by atoms with E-state index in [4.69, 9.17) is 19.4 Å². The highest BCUT2D eigenvalue weighted by Gasteiger charge is 2.20. The van der Waals surface area contributed by atoms with Crippen LogP contribution < -0.4 is 0 Å². The second-order valence-corrected chi connectivity index (χ2v) is 11.9. The Kier molecular flexibility index (Phi) is 5.51. The molecule has 10 aromatic rings. The van der Waals surface area contributed by atoms with Crippen LogP contribution in [0.25, 0.3) is 99.3 Å². The van der Waals surface area contributed by atoms with Crippen LogP contribution in [0.1, 0.15) is 0 Å². The summed E-state index contributed by atoms with van der Waals surface area (Å²) in [5.74, 6) is 1.81. The Balaban J connectivity index is 1.31. The molecule has 0 saturated carbocycles. The van der Waals surface area contributed by atoms with E-state index in [-0.39, 0.29) is 0 Å². The fourth-order valence-corrected chi connectivity index (χ4v) is 6.97. The Bertz CT molecular complexity index is 2870. The number of nitrogens with zero attached hydrogens (tertiary/aromatic N) is 4. The standard InChI is InChI=1S/C42H24N4O/c1-2-11-27-23-28(19-18-25(27)9-1)39-44-40(33-15-7-17-37-38(33)34-16-8-22-43-42(34)47-37)46-41(45-39)36-24-35-29-12-4-3-10-26(29)20-21-32(35)30-13-5-6-14-31(30)36/h1-24H. The summed E-state index contributed by atoms with van der Waals surface area (Å²) in [4.78, 5) is 20.1. The van der Waals surface area contributed by atoms with Gasteiger partial charge in [0, 0.05) is 33.7 Å². The number of benzene rings is 7. The van der Waals surface area contributed by atoms with Gasteiger partial charge in [0.1, 0.15) is 5.58 Å². The molecule has 0 amide bonds. The molecule has 0 fully saturated rings. The van der Waals surface area contributed by atoms with Crippen molar-refractivity contribution in [1.82, 2.24) is 19.9 Å². The molecule has 0 atom stereocenters. The van der Waals surface area contributed by atoms with Crippen LogP contribution in [0.2, 0.25) is 0 Å². The van der Waals surface area contributed by atoms with Crippen LogP contribution in [-0.2, 0) is 0 Å². The van der Waals surface area contributed by atoms with Gasteiger partial charge in [0.25, 0.3) is 0 Å². The van der Waals surface area contributed by atoms with Crippen molar-refractivity contribution < 1.29 is 4.42 Å². The van der Waals surface area contributed by atoms with E-state index < -0.39 is 0 Å². The molecular formula is C42H24N4O. The van der Waals surface area contributed by atoms with Crippen LogP contribution in [0.3, 0.4) is 0 Å². The fraction of sp³-hybridized carbons (Fsp3) is 0. The van der Waals surface area contributed by atoms with Crippen molar-refractivity contribution in [2.75, 3.05) is 0 Å². The predicted molar refractivity (Wildman–Crippen MR) is 191 cm³/mol. The van der Waals surface area contributed by atoms with E-state index in [1.807, 2.05) is 24.3 Å². The van der Waals surface area contributed by atoms with Gasteiger partial charge >= 0.3 is 0 Å². The summed E-state index contributed by atoms with van der Waals surface area (Å²) in [6, 6.07) is 48.4. The number of hydrogen-bond acceptors (Lipinski definition) is 5. The van der Waals surface area contributed by atoms with E-state index in [1.165, 1.54) is 26.9 Å². The number of fused-ring (bicyclic) bond motifs is 9. The lowest BCUT2D eigenvalue weighted by Gasteiger charge is -2.14. The maximum atomic E-state index is 6.16. The Hall–Kier alpha value is -6.46. The summed E-state index contributed by atoms with van der Waals surface area (Å²) in [6.45, 7) is 0. The van der Waals surface area contributed by atoms with Crippen molar-refractivity contribution in [1.29, 1.82) is 0 Å². The topological polar surface area (TPSA) is 64.7 Å². The van der Waals surface area contributed by atoms with Crippen molar-refractivity contribution in [3.63, 3.8) is 0 Å². The monoisotopic (exact) mass is 600 g/mol. The van der Waals surface area contributed by atoms with Crippen LogP contribution in [0.15, 0.2) is 150 Å². The van der Waals surface area contributed by atoms with Gasteiger partial charge in [-0.2, -0.15) is 0 Å². The predicted octanol–water partition coefficient (Wildman–Crippen LogP) is 10.8. The Morgan fingerprint density at radius 1 is 0.404 bits per heavy atom. The third-order valence-electron chi connectivity index (χ3n) is 9.17. The SMILES string of the molecule is c1ccc2cc(-c3nc(-c4cc5c6ccccc6ccc5c5ccccc45)nc(-c4cccc5oc6ncccc6c45)n3)ccc2c1. The molecule has 47 heavy (non-hydrogen) atoms. The first-order valence-electron chi connectivity index (χ1n) is 15.6. The van der Waals surface area contributed by atoms with Crippen molar-refractivity contribution in [2.24, 2.45) is 0 Å². The summed E-state index contributed by atoms with van der Waals surface area (Å²) in [5.41, 5.74) is 4.09. The fourth-order valence-electron chi connectivity index (χ4n) is 6.97. The highest BCUT2D eigenvalue weighted by atomic mass is 16.3. The molecule has 0 N–H and O–H groups in total. The molecule has 0 spiro atoms. The van der Waals surface area contributed by atoms with E-state index in [1.54, 1.807) is 6.20 Å². The van der Waals surface area contributed by atoms with Gasteiger partial charge in [0.15, 0.2) is 17.5 Å². The van der Waals surface area contributed by atoms with Crippen LogP contribution in [0.4, 0.5) is 0 Å². The van der Waals surface area contributed by atoms with Gasteiger partial charge in [0.05, 0.1) is 0 Å². The summed E-state index contributed by atoms with van der Waals surface area (Å²) < 4.78 is 6.16. The zero-order valence-electron chi connectivity index (χ0n) is 25.1. The minimum Gasteiger partial charge on any atom is -0.438 e. The minimum absolute atomic E-state index is 0.581. The van der Waals surface area contributed by atoms with Crippen LogP contribution in [0, 0.1) is 0 Å². The highest BCUT2D eigenvalue weighted by Crippen LogP contribution is 2.39. The zero-order valence-corrected chi connectivity index (χ0v) is 25.1. The third-order valence-corrected chi connectivity index (χ3v) is 9.17. The van der Waals surface area contributed by atoms with E-state index in [0.717, 1.165) is 49.2 Å². The Morgan fingerprint density at radius 3 is 1.98 bits per heavy atom. The van der Waals surface area contributed by atoms with Gasteiger partial charge in [-0.25, -0.2) is 19.9 Å². The molecule has 0 saturated heterocycles. The molecule has 0 aliphatic heterocycles. The normalized spacial score (nSPS) is 11.8. The second-order valence-electron chi connectivity index (χ2n) is 11.9. The van der Waals surface area contributed by atoms with Crippen LogP contribution in [0.5, 0.6) is 0 Å². The van der Waals surface area contributed by atoms with Crippen LogP contribution >= 0.6 is 0 Å². The first-order valence-corrected chi connectivity index (χ1v) is 15.6. The van der Waals surface area contributed by atoms with Crippen LogP contribution in [-0.4, -0.2) is 19.9 Å². The molecule has 218 valence electrons. The Labute approximate surface area is 268 Å². The highest BCUT2D eigenvalue weighted by molar-refractivity contribution is 6.20. The number of aromatic nitrogens is 4. The second kappa shape index (κ2) is 10.0. The summed E-state index contributed by atoms with van der Waals surface area (Å²) in [5, 5.41) is 11.2. The first-order chi connectivity index (χ1) is 23.3. The van der Waals surface area contributed by atoms with E-state index >= 15 is 0 Å². The van der Waals surface area contributed by atoms with Gasteiger partial charge < -0.3 is 4.42 Å². The molecule has 0 aliphatic rings. The van der Waals surface area contributed by atoms with E-state index in [2.05, 4.69) is 120 Å². The van der Waals surface area contributed by atoms with Crippen molar-refractivity contribution in [3.8, 4) is 34.2 Å². The largest absolute Gasteiger partial charge is 0.438 e. The molecule has 0 unspecified atom stereocenters. The van der Waals surface area contributed by atoms with Gasteiger partial charge in [-0.3, -0.25) is 0 Å². The molecule has 3 heterocycles. The number of hydrogen-bond donors (Lipinski definition) is 0. The lowest BCUT2D eigenvalue weighted by molar-refractivity contribution is 0.654. The maximum absolute atomic E-state index is 6.16. The van der Waals surface area contributed by atoms with Crippen molar-refractivity contribution in [2.45, 2.75) is 0 Å². The molecule has 3 aromatic heterocycles. The zero-order chi connectivity index (χ0) is 30.9. The average Bonchev–Trinajstić information content (AvgIpc) is 3.53. The van der Waals surface area contributed by atoms with Gasteiger partial charge in [0.2, 0.25) is 5.71 Å². The number of pyridine rings is 1. The third kappa shape index (κ3) is 4.03. The molecule has 5 heteroatoms. The number of furan rings is 1. The Morgan fingerprint density at radius 2 is 1.09 bits per heavy atom. The maximum Gasteiger partial charge on any atom is 0.227 e. The molecule has 5 nitrogen and oxygen atoms in total. The molecule has 10 rings (SSSR count). The van der Waals surface area contributed by atoms with Gasteiger partial charge in [-0.1, -0.05) is 109 Å². The summed E-state index contributed by atoms with van der Waals surface area (Å²) in [6.07, 6.45) is 1.75. The average molecular weight is 601 g/mol. The smallest absolute Gasteiger partial charge is 0.227 e. The van der Waals surface area contributed by atoms with Crippen molar-refractivity contribution >= 4 is 65.2 Å². The van der Waals surface area contributed by atoms with Gasteiger partial charge in [-0.15, -0.1) is 0 Å². The summed E-state index contributed by atoms with van der Waals surface area (Å²) in [7, 11) is 0. The molecule has 0 bridgehead atoms. The molecule has 0 radical (unpaired) electrons. The first kappa shape index (κ1) is 25.8. The van der Waals surface area contributed by atoms with Gasteiger partial charge in [-0.05, 0) is 73.4 Å². The lowest BCUT2D eigenvalue weighted by atomic mass is 9.93. The quantitative estimate of drug-likeness (QED) is 0.189. The van der Waals surface area contributed by atoms with E-state index in [0.29, 0.717) is 23.2 Å². The summed E-state index contributed by atoms with van der Waals surface area (Å²) >= 11 is 0. The lowest BCUT2D eigenvalue weighted by Crippen LogP contribution is -2.01. The minimum atomic E-state index is 0.581. The van der Waals surface area contributed by atoms with Crippen molar-refractivity contribution in [3.05, 3.63) is 146 Å². The van der Waals surface area contributed by atoms with E-state index in [9.17, 15) is 0 Å². The molecule has 0 aliphatic carbocycles.